The normalized spacial score (nSPS) is 12.8. The maximum absolute atomic E-state index is 13.4. The molecule has 0 amide bonds. The molecule has 190 valence electrons. The average molecular weight is 531 g/mol. The molecular formula is C30H22N6O2S. The van der Waals surface area contributed by atoms with Crippen molar-refractivity contribution >= 4 is 43.0 Å². The Morgan fingerprint density at radius 1 is 0.795 bits per heavy atom. The van der Waals surface area contributed by atoms with Crippen LogP contribution in [0.25, 0.3) is 44.1 Å². The van der Waals surface area contributed by atoms with Gasteiger partial charge in [0, 0.05) is 23.2 Å². The van der Waals surface area contributed by atoms with E-state index in [2.05, 4.69) is 45.4 Å². The van der Waals surface area contributed by atoms with Crippen molar-refractivity contribution in [3.8, 4) is 11.1 Å². The van der Waals surface area contributed by atoms with Gasteiger partial charge < -0.3 is 0 Å². The third-order valence-corrected chi connectivity index (χ3v) is 8.79. The smallest absolute Gasteiger partial charge is 0.254 e. The molecule has 7 rings (SSSR count). The number of pyridine rings is 2. The van der Waals surface area contributed by atoms with Gasteiger partial charge in [-0.3, -0.25) is 4.98 Å². The van der Waals surface area contributed by atoms with E-state index in [0.29, 0.717) is 11.2 Å². The van der Waals surface area contributed by atoms with Crippen molar-refractivity contribution in [3.63, 3.8) is 0 Å². The quantitative estimate of drug-likeness (QED) is 0.277. The van der Waals surface area contributed by atoms with Crippen LogP contribution in [0.5, 0.6) is 0 Å². The number of nitrogens with zero attached hydrogens (tertiary/aromatic N) is 6. The molecular weight excluding hydrogens is 508 g/mol. The second kappa shape index (κ2) is 8.85. The summed E-state index contributed by atoms with van der Waals surface area (Å²) in [7, 11) is -3.79. The Morgan fingerprint density at radius 3 is 2.36 bits per heavy atom. The first-order valence-corrected chi connectivity index (χ1v) is 13.9. The second-order valence-corrected chi connectivity index (χ2v) is 11.2. The summed E-state index contributed by atoms with van der Waals surface area (Å²) >= 11 is 0. The highest BCUT2D eigenvalue weighted by Gasteiger charge is 2.21. The summed E-state index contributed by atoms with van der Waals surface area (Å²) in [6.07, 6.45) is 4.95. The Balaban J connectivity index is 1.40. The van der Waals surface area contributed by atoms with Gasteiger partial charge in [0.1, 0.15) is 11.0 Å². The number of fused-ring (bicyclic) bond motifs is 4. The molecule has 0 saturated carbocycles. The summed E-state index contributed by atoms with van der Waals surface area (Å²) in [6.45, 7) is 2.10. The van der Waals surface area contributed by atoms with Crippen molar-refractivity contribution < 1.29 is 8.42 Å². The molecule has 0 bridgehead atoms. The van der Waals surface area contributed by atoms with Crippen molar-refractivity contribution in [2.75, 3.05) is 0 Å². The highest BCUT2D eigenvalue weighted by atomic mass is 32.2. The molecule has 0 unspecified atom stereocenters. The van der Waals surface area contributed by atoms with Crippen molar-refractivity contribution in [1.29, 1.82) is 0 Å². The number of rotatable bonds is 5. The van der Waals surface area contributed by atoms with Crippen molar-refractivity contribution in [1.82, 2.24) is 28.9 Å². The Kier molecular flexibility index (Phi) is 5.27. The van der Waals surface area contributed by atoms with Crippen LogP contribution < -0.4 is 0 Å². The van der Waals surface area contributed by atoms with Crippen molar-refractivity contribution in [2.45, 2.75) is 17.9 Å². The van der Waals surface area contributed by atoms with Crippen molar-refractivity contribution in [2.24, 2.45) is 0 Å². The van der Waals surface area contributed by atoms with Crippen LogP contribution in [0.2, 0.25) is 0 Å². The molecule has 0 aliphatic heterocycles. The molecule has 1 atom stereocenters. The predicted octanol–water partition coefficient (Wildman–Crippen LogP) is 5.84. The maximum Gasteiger partial charge on any atom is 0.269 e. The van der Waals surface area contributed by atoms with E-state index in [4.69, 9.17) is 0 Å². The number of aromatic nitrogens is 6. The Morgan fingerprint density at radius 2 is 1.56 bits per heavy atom. The summed E-state index contributed by atoms with van der Waals surface area (Å²) in [5.41, 5.74) is 5.72. The standard InChI is InChI=1S/C30H22N6O2S/c1-20(21-8-4-2-5-9-21)36-29-26-18-22(12-13-27(26)32-19-28(29)33-34-36)24-14-16-31-30-25(24)15-17-35(30)39(37,38)23-10-6-3-7-11-23/h2-20H,1H3/t20-/m0/s1. The van der Waals surface area contributed by atoms with Gasteiger partial charge in [-0.15, -0.1) is 5.10 Å². The zero-order valence-electron chi connectivity index (χ0n) is 20.9. The topological polar surface area (TPSA) is 95.6 Å². The minimum Gasteiger partial charge on any atom is -0.254 e. The number of benzene rings is 3. The second-order valence-electron chi connectivity index (χ2n) is 9.37. The van der Waals surface area contributed by atoms with E-state index in [-0.39, 0.29) is 10.9 Å². The summed E-state index contributed by atoms with van der Waals surface area (Å²) in [4.78, 5) is 9.26. The summed E-state index contributed by atoms with van der Waals surface area (Å²) in [5.74, 6) is 0. The van der Waals surface area contributed by atoms with E-state index in [9.17, 15) is 8.42 Å². The summed E-state index contributed by atoms with van der Waals surface area (Å²) < 4.78 is 29.9. The summed E-state index contributed by atoms with van der Waals surface area (Å²) in [5, 5.41) is 10.5. The zero-order valence-corrected chi connectivity index (χ0v) is 21.7. The highest BCUT2D eigenvalue weighted by molar-refractivity contribution is 7.90. The average Bonchev–Trinajstić information content (AvgIpc) is 3.63. The fraction of sp³-hybridized carbons (Fsp3) is 0.0667. The van der Waals surface area contributed by atoms with Crippen LogP contribution in [0, 0.1) is 0 Å². The number of hydrogen-bond donors (Lipinski definition) is 0. The van der Waals surface area contributed by atoms with Crippen molar-refractivity contribution in [3.05, 3.63) is 115 Å². The molecule has 4 heterocycles. The lowest BCUT2D eigenvalue weighted by Crippen LogP contribution is -2.12. The lowest BCUT2D eigenvalue weighted by molar-refractivity contribution is 0.561. The molecule has 0 saturated heterocycles. The van der Waals surface area contributed by atoms with Gasteiger partial charge in [-0.2, -0.15) is 0 Å². The molecule has 7 aromatic rings. The van der Waals surface area contributed by atoms with Crippen LogP contribution >= 0.6 is 0 Å². The van der Waals surface area contributed by atoms with Gasteiger partial charge in [-0.1, -0.05) is 59.8 Å². The lowest BCUT2D eigenvalue weighted by atomic mass is 10.0. The van der Waals surface area contributed by atoms with Gasteiger partial charge in [-0.25, -0.2) is 22.1 Å². The minimum absolute atomic E-state index is 0.0321. The van der Waals surface area contributed by atoms with E-state index in [0.717, 1.165) is 38.5 Å². The van der Waals surface area contributed by atoms with E-state index < -0.39 is 10.0 Å². The lowest BCUT2D eigenvalue weighted by Gasteiger charge is -2.14. The molecule has 0 spiro atoms. The van der Waals surface area contributed by atoms with Gasteiger partial charge in [0.25, 0.3) is 10.0 Å². The molecule has 0 fully saturated rings. The minimum atomic E-state index is -3.79. The van der Waals surface area contributed by atoms with Gasteiger partial charge in [0.15, 0.2) is 5.65 Å². The molecule has 8 nitrogen and oxygen atoms in total. The predicted molar refractivity (Wildman–Crippen MR) is 151 cm³/mol. The van der Waals surface area contributed by atoms with Gasteiger partial charge in [0.2, 0.25) is 0 Å². The number of hydrogen-bond acceptors (Lipinski definition) is 6. The Bertz CT molecular complexity index is 2100. The highest BCUT2D eigenvalue weighted by Crippen LogP contribution is 2.34. The van der Waals surface area contributed by atoms with Gasteiger partial charge in [-0.05, 0) is 60.0 Å². The molecule has 0 N–H and O–H groups in total. The van der Waals surface area contributed by atoms with Crippen LogP contribution in [0.15, 0.2) is 114 Å². The van der Waals surface area contributed by atoms with Gasteiger partial charge in [0.05, 0.1) is 22.7 Å². The van der Waals surface area contributed by atoms with E-state index in [1.54, 1.807) is 55.0 Å². The monoisotopic (exact) mass is 530 g/mol. The fourth-order valence-electron chi connectivity index (χ4n) is 5.10. The van der Waals surface area contributed by atoms with E-state index in [1.807, 2.05) is 41.1 Å². The maximum atomic E-state index is 13.4. The molecule has 3 aromatic carbocycles. The largest absolute Gasteiger partial charge is 0.269 e. The first kappa shape index (κ1) is 23.2. The molecule has 0 aliphatic carbocycles. The van der Waals surface area contributed by atoms with Crippen LogP contribution in [-0.2, 0) is 10.0 Å². The van der Waals surface area contributed by atoms with E-state index in [1.165, 1.54) is 3.97 Å². The Labute approximate surface area is 224 Å². The first-order valence-electron chi connectivity index (χ1n) is 12.5. The summed E-state index contributed by atoms with van der Waals surface area (Å²) in [6, 6.07) is 28.3. The molecule has 39 heavy (non-hydrogen) atoms. The third-order valence-electron chi connectivity index (χ3n) is 7.11. The Hall–Kier alpha value is -4.89. The SMILES string of the molecule is C[C@@H](c1ccccc1)n1nnc2cnc3ccc(-c4ccnc5c4ccn5S(=O)(=O)c4ccccc4)cc3c21. The van der Waals surface area contributed by atoms with E-state index >= 15 is 0 Å². The third kappa shape index (κ3) is 3.70. The fourth-order valence-corrected chi connectivity index (χ4v) is 6.42. The molecule has 0 radical (unpaired) electrons. The zero-order chi connectivity index (χ0) is 26.6. The molecule has 9 heteroatoms. The first-order chi connectivity index (χ1) is 19.0. The molecule has 4 aromatic heterocycles. The van der Waals surface area contributed by atoms with Crippen LogP contribution in [0.3, 0.4) is 0 Å². The van der Waals surface area contributed by atoms with Gasteiger partial charge >= 0.3 is 0 Å². The molecule has 0 aliphatic rings. The van der Waals surface area contributed by atoms with Crippen LogP contribution in [0.1, 0.15) is 18.5 Å². The van der Waals surface area contributed by atoms with Crippen LogP contribution in [0.4, 0.5) is 0 Å². The van der Waals surface area contributed by atoms with Crippen LogP contribution in [-0.4, -0.2) is 37.4 Å².